The molecular formula is C26H30N4O3. The second-order valence-electron chi connectivity index (χ2n) is 8.54. The Bertz CT molecular complexity index is 1130. The Morgan fingerprint density at radius 3 is 2.91 bits per heavy atom. The predicted octanol–water partition coefficient (Wildman–Crippen LogP) is 4.08. The van der Waals surface area contributed by atoms with E-state index in [4.69, 9.17) is 4.98 Å². The minimum Gasteiger partial charge on any atom is -0.481 e. The number of aromatic nitrogens is 2. The second-order valence-corrected chi connectivity index (χ2v) is 8.54. The predicted molar refractivity (Wildman–Crippen MR) is 128 cm³/mol. The zero-order chi connectivity index (χ0) is 23.0. The van der Waals surface area contributed by atoms with Crippen molar-refractivity contribution in [2.45, 2.75) is 50.9 Å². The van der Waals surface area contributed by atoms with Gasteiger partial charge in [0.1, 0.15) is 5.82 Å². The number of para-hydroxylation sites is 1. The van der Waals surface area contributed by atoms with E-state index in [0.717, 1.165) is 61.1 Å². The van der Waals surface area contributed by atoms with E-state index >= 15 is 0 Å². The quantitative estimate of drug-likeness (QED) is 0.406. The van der Waals surface area contributed by atoms with Crippen molar-refractivity contribution in [2.75, 3.05) is 18.4 Å². The summed E-state index contributed by atoms with van der Waals surface area (Å²) in [6, 6.07) is 13.7. The summed E-state index contributed by atoms with van der Waals surface area (Å²) in [5.74, 6) is -0.651. The third-order valence-corrected chi connectivity index (χ3v) is 6.11. The summed E-state index contributed by atoms with van der Waals surface area (Å²) in [4.78, 5) is 33.1. The van der Waals surface area contributed by atoms with Gasteiger partial charge in [-0.1, -0.05) is 24.3 Å². The van der Waals surface area contributed by atoms with Crippen LogP contribution >= 0.6 is 0 Å². The Morgan fingerprint density at radius 1 is 1.15 bits per heavy atom. The van der Waals surface area contributed by atoms with Crippen LogP contribution in [0, 0.1) is 0 Å². The molecule has 1 amide bonds. The molecule has 0 saturated carbocycles. The molecule has 0 aliphatic carbocycles. The third kappa shape index (κ3) is 6.06. The van der Waals surface area contributed by atoms with Gasteiger partial charge < -0.3 is 15.7 Å². The number of hydrogen-bond donors (Lipinski definition) is 3. The van der Waals surface area contributed by atoms with E-state index in [-0.39, 0.29) is 5.91 Å². The minimum absolute atomic E-state index is 0.0455. The average Bonchev–Trinajstić information content (AvgIpc) is 2.84. The van der Waals surface area contributed by atoms with Crippen LogP contribution in [-0.2, 0) is 22.4 Å². The molecule has 1 aliphatic rings. The highest BCUT2D eigenvalue weighted by Crippen LogP contribution is 2.23. The van der Waals surface area contributed by atoms with Crippen molar-refractivity contribution in [1.82, 2.24) is 15.3 Å². The van der Waals surface area contributed by atoms with Crippen LogP contribution in [0.5, 0.6) is 0 Å². The molecule has 0 bridgehead atoms. The Balaban J connectivity index is 1.20. The maximum absolute atomic E-state index is 12.2. The van der Waals surface area contributed by atoms with Gasteiger partial charge >= 0.3 is 5.97 Å². The molecule has 7 heteroatoms. The summed E-state index contributed by atoms with van der Waals surface area (Å²) in [5.41, 5.74) is 3.82. The number of carboxylic acid groups (broad SMARTS) is 1. The number of carbonyl (C=O) groups excluding carboxylic acids is 1. The van der Waals surface area contributed by atoms with Crippen molar-refractivity contribution in [2.24, 2.45) is 0 Å². The molecular weight excluding hydrogens is 416 g/mol. The van der Waals surface area contributed by atoms with Crippen LogP contribution in [0.2, 0.25) is 0 Å². The summed E-state index contributed by atoms with van der Waals surface area (Å²) in [7, 11) is 0. The van der Waals surface area contributed by atoms with Crippen LogP contribution in [0.25, 0.3) is 10.9 Å². The summed E-state index contributed by atoms with van der Waals surface area (Å²) >= 11 is 0. The van der Waals surface area contributed by atoms with E-state index in [9.17, 15) is 14.7 Å². The van der Waals surface area contributed by atoms with Gasteiger partial charge in [0.05, 0.1) is 11.4 Å². The molecule has 0 fully saturated rings. The highest BCUT2D eigenvalue weighted by Gasteiger charge is 2.20. The Morgan fingerprint density at radius 2 is 2.03 bits per heavy atom. The standard InChI is InChI=1S/C26H30N4O3/c31-24(10-4-2-8-21-12-11-18-7-5-14-28-25(18)30-21)27-15-13-22(26(32)33)20-16-19-6-1-3-9-23(19)29-17-20/h1,3,6,9,11-12,16-17,22H,2,4-5,7-8,10,13-15H2,(H,27,31)(H,28,30)(H,32,33)/t22-/m0/s1. The maximum Gasteiger partial charge on any atom is 0.311 e. The van der Waals surface area contributed by atoms with Crippen LogP contribution < -0.4 is 10.6 Å². The number of aliphatic carboxylic acids is 1. The third-order valence-electron chi connectivity index (χ3n) is 6.11. The van der Waals surface area contributed by atoms with Gasteiger partial charge in [0, 0.05) is 36.8 Å². The van der Waals surface area contributed by atoms with Crippen molar-refractivity contribution in [1.29, 1.82) is 0 Å². The number of carbonyl (C=O) groups is 2. The number of unbranched alkanes of at least 4 members (excludes halogenated alkanes) is 1. The van der Waals surface area contributed by atoms with Gasteiger partial charge in [0.15, 0.2) is 0 Å². The van der Waals surface area contributed by atoms with E-state index in [1.165, 1.54) is 5.56 Å². The summed E-state index contributed by atoms with van der Waals surface area (Å²) < 4.78 is 0. The minimum atomic E-state index is -0.909. The van der Waals surface area contributed by atoms with Gasteiger partial charge in [-0.05, 0) is 67.9 Å². The lowest BCUT2D eigenvalue weighted by Gasteiger charge is -2.17. The number of nitrogens with zero attached hydrogens (tertiary/aromatic N) is 2. The molecule has 33 heavy (non-hydrogen) atoms. The second kappa shape index (κ2) is 10.9. The van der Waals surface area contributed by atoms with Crippen LogP contribution in [0.1, 0.15) is 54.8 Å². The first-order chi connectivity index (χ1) is 16.1. The van der Waals surface area contributed by atoms with Crippen molar-refractivity contribution < 1.29 is 14.7 Å². The van der Waals surface area contributed by atoms with Crippen molar-refractivity contribution in [3.05, 3.63) is 65.5 Å². The first-order valence-electron chi connectivity index (χ1n) is 11.7. The van der Waals surface area contributed by atoms with Crippen molar-refractivity contribution in [3.8, 4) is 0 Å². The number of aryl methyl sites for hydroxylation is 2. The molecule has 3 aromatic rings. The van der Waals surface area contributed by atoms with Crippen molar-refractivity contribution in [3.63, 3.8) is 0 Å². The molecule has 2 aromatic heterocycles. The lowest BCUT2D eigenvalue weighted by atomic mass is 9.96. The fraction of sp³-hybridized carbons (Fsp3) is 0.385. The lowest BCUT2D eigenvalue weighted by molar-refractivity contribution is -0.139. The van der Waals surface area contributed by atoms with Gasteiger partial charge in [-0.3, -0.25) is 14.6 Å². The van der Waals surface area contributed by atoms with Crippen LogP contribution in [0.3, 0.4) is 0 Å². The molecule has 0 radical (unpaired) electrons. The molecule has 1 aromatic carbocycles. The van der Waals surface area contributed by atoms with E-state index in [2.05, 4.69) is 27.8 Å². The molecule has 172 valence electrons. The smallest absolute Gasteiger partial charge is 0.311 e. The molecule has 3 N–H and O–H groups in total. The monoisotopic (exact) mass is 446 g/mol. The number of pyridine rings is 2. The first-order valence-corrected chi connectivity index (χ1v) is 11.7. The number of nitrogens with one attached hydrogen (secondary N) is 2. The Kier molecular flexibility index (Phi) is 7.50. The molecule has 4 rings (SSSR count). The van der Waals surface area contributed by atoms with E-state index in [0.29, 0.717) is 24.9 Å². The number of anilines is 1. The molecule has 7 nitrogen and oxygen atoms in total. The fourth-order valence-electron chi connectivity index (χ4n) is 4.26. The van der Waals surface area contributed by atoms with Gasteiger partial charge in [0.2, 0.25) is 5.91 Å². The Hall–Kier alpha value is -3.48. The lowest BCUT2D eigenvalue weighted by Crippen LogP contribution is -2.27. The molecule has 3 heterocycles. The largest absolute Gasteiger partial charge is 0.481 e. The summed E-state index contributed by atoms with van der Waals surface area (Å²) in [6.45, 7) is 1.30. The number of benzene rings is 1. The zero-order valence-electron chi connectivity index (χ0n) is 18.7. The van der Waals surface area contributed by atoms with E-state index < -0.39 is 11.9 Å². The fourth-order valence-corrected chi connectivity index (χ4v) is 4.26. The van der Waals surface area contributed by atoms with Gasteiger partial charge in [-0.25, -0.2) is 4.98 Å². The summed E-state index contributed by atoms with van der Waals surface area (Å²) in [6.07, 6.45) is 7.11. The number of amides is 1. The zero-order valence-corrected chi connectivity index (χ0v) is 18.7. The number of hydrogen-bond acceptors (Lipinski definition) is 5. The number of fused-ring (bicyclic) bond motifs is 2. The van der Waals surface area contributed by atoms with Crippen LogP contribution in [0.4, 0.5) is 5.82 Å². The highest BCUT2D eigenvalue weighted by atomic mass is 16.4. The van der Waals surface area contributed by atoms with Gasteiger partial charge in [-0.15, -0.1) is 0 Å². The normalized spacial score (nSPS) is 13.7. The topological polar surface area (TPSA) is 104 Å². The summed E-state index contributed by atoms with van der Waals surface area (Å²) in [5, 5.41) is 16.8. The van der Waals surface area contributed by atoms with Gasteiger partial charge in [-0.2, -0.15) is 0 Å². The molecule has 0 unspecified atom stereocenters. The molecule has 0 spiro atoms. The number of carboxylic acids is 1. The van der Waals surface area contributed by atoms with Crippen LogP contribution in [-0.4, -0.2) is 40.0 Å². The molecule has 0 saturated heterocycles. The van der Waals surface area contributed by atoms with Gasteiger partial charge in [0.25, 0.3) is 0 Å². The highest BCUT2D eigenvalue weighted by molar-refractivity contribution is 5.82. The maximum atomic E-state index is 12.2. The SMILES string of the molecule is O=C(CCCCc1ccc2c(n1)NCCC2)NCC[C@H](C(=O)O)c1cnc2ccccc2c1. The average molecular weight is 447 g/mol. The first kappa shape index (κ1) is 22.7. The van der Waals surface area contributed by atoms with Crippen molar-refractivity contribution >= 4 is 28.6 Å². The van der Waals surface area contributed by atoms with E-state index in [1.807, 2.05) is 30.3 Å². The Labute approximate surface area is 193 Å². The van der Waals surface area contributed by atoms with Crippen LogP contribution in [0.15, 0.2) is 48.7 Å². The molecule has 1 aliphatic heterocycles. The number of rotatable bonds is 10. The van der Waals surface area contributed by atoms with E-state index in [1.54, 1.807) is 6.20 Å². The molecule has 1 atom stereocenters.